The molecule has 0 aliphatic carbocycles. The highest BCUT2D eigenvalue weighted by Gasteiger charge is 2.33. The molecule has 1 aromatic carbocycles. The minimum atomic E-state index is -4.45. The maximum absolute atomic E-state index is 13.0. The fourth-order valence-electron chi connectivity index (χ4n) is 2.50. The van der Waals surface area contributed by atoms with E-state index in [1.54, 1.807) is 6.07 Å². The molecule has 1 unspecified atom stereocenters. The molecule has 3 rings (SSSR count). The number of hydrogen-bond acceptors (Lipinski definition) is 5. The summed E-state index contributed by atoms with van der Waals surface area (Å²) < 4.78 is 44.6. The van der Waals surface area contributed by atoms with Crippen LogP contribution in [0.25, 0.3) is 0 Å². The molecule has 1 fully saturated rings. The Labute approximate surface area is 137 Å². The lowest BCUT2D eigenvalue weighted by Crippen LogP contribution is -2.19. The van der Waals surface area contributed by atoms with Crippen molar-refractivity contribution in [1.82, 2.24) is 9.97 Å². The number of hydrogen-bond donors (Lipinski definition) is 2. The number of aromatic nitrogens is 2. The second-order valence-electron chi connectivity index (χ2n) is 5.45. The van der Waals surface area contributed by atoms with Crippen LogP contribution < -0.4 is 10.6 Å². The molecule has 2 heterocycles. The first-order valence-corrected chi connectivity index (χ1v) is 7.64. The molecule has 0 bridgehead atoms. The van der Waals surface area contributed by atoms with Crippen molar-refractivity contribution in [2.24, 2.45) is 0 Å². The fraction of sp³-hybridized carbons (Fsp3) is 0.375. The van der Waals surface area contributed by atoms with Crippen molar-refractivity contribution in [2.45, 2.75) is 25.1 Å². The third kappa shape index (κ3) is 4.14. The summed E-state index contributed by atoms with van der Waals surface area (Å²) in [5, 5.41) is 5.75. The molecule has 2 aromatic rings. The molecule has 1 aliphatic rings. The van der Waals surface area contributed by atoms with Crippen LogP contribution in [-0.2, 0) is 10.9 Å². The van der Waals surface area contributed by atoms with Gasteiger partial charge in [0.15, 0.2) is 0 Å². The molecule has 0 radical (unpaired) electrons. The number of anilines is 3. The van der Waals surface area contributed by atoms with Crippen molar-refractivity contribution in [3.63, 3.8) is 0 Å². The summed E-state index contributed by atoms with van der Waals surface area (Å²) in [5.41, 5.74) is -0.840. The van der Waals surface area contributed by atoms with Gasteiger partial charge in [0.1, 0.15) is 5.82 Å². The summed E-state index contributed by atoms with van der Waals surface area (Å²) in [5.74, 6) is 0.636. The second kappa shape index (κ2) is 7.04. The van der Waals surface area contributed by atoms with Crippen LogP contribution in [0.15, 0.2) is 36.5 Å². The van der Waals surface area contributed by atoms with E-state index >= 15 is 0 Å². The molecule has 1 aliphatic heterocycles. The minimum Gasteiger partial charge on any atom is -0.376 e. The first kappa shape index (κ1) is 16.5. The highest BCUT2D eigenvalue weighted by atomic mass is 19.4. The number of rotatable bonds is 5. The monoisotopic (exact) mass is 338 g/mol. The van der Waals surface area contributed by atoms with E-state index in [1.807, 2.05) is 0 Å². The minimum absolute atomic E-state index is 0.0822. The van der Waals surface area contributed by atoms with Crippen molar-refractivity contribution < 1.29 is 17.9 Å². The van der Waals surface area contributed by atoms with Gasteiger partial charge in [0.25, 0.3) is 0 Å². The van der Waals surface area contributed by atoms with Crippen LogP contribution in [0, 0.1) is 0 Å². The van der Waals surface area contributed by atoms with Gasteiger partial charge >= 0.3 is 6.18 Å². The van der Waals surface area contributed by atoms with Gasteiger partial charge in [-0.2, -0.15) is 18.2 Å². The summed E-state index contributed by atoms with van der Waals surface area (Å²) in [7, 11) is 0. The lowest BCUT2D eigenvalue weighted by Gasteiger charge is -2.14. The van der Waals surface area contributed by atoms with E-state index in [2.05, 4.69) is 20.6 Å². The second-order valence-corrected chi connectivity index (χ2v) is 5.45. The normalized spacial score (nSPS) is 17.7. The summed E-state index contributed by atoms with van der Waals surface area (Å²) in [6, 6.07) is 6.89. The van der Waals surface area contributed by atoms with Crippen molar-refractivity contribution in [2.75, 3.05) is 23.8 Å². The molecular formula is C16H17F3N4O. The number of para-hydroxylation sites is 1. The largest absolute Gasteiger partial charge is 0.418 e. The Kier molecular flexibility index (Phi) is 4.84. The quantitative estimate of drug-likeness (QED) is 0.868. The van der Waals surface area contributed by atoms with Gasteiger partial charge in [0.2, 0.25) is 5.95 Å². The van der Waals surface area contributed by atoms with Gasteiger partial charge in [-0.25, -0.2) is 4.98 Å². The zero-order valence-electron chi connectivity index (χ0n) is 12.8. The number of alkyl halides is 3. The molecule has 0 saturated carbocycles. The zero-order valence-corrected chi connectivity index (χ0v) is 12.8. The lowest BCUT2D eigenvalue weighted by molar-refractivity contribution is -0.136. The van der Waals surface area contributed by atoms with Gasteiger partial charge < -0.3 is 15.4 Å². The molecule has 128 valence electrons. The smallest absolute Gasteiger partial charge is 0.376 e. The average Bonchev–Trinajstić information content (AvgIpc) is 3.06. The van der Waals surface area contributed by atoms with Crippen LogP contribution in [0.2, 0.25) is 0 Å². The highest BCUT2D eigenvalue weighted by Crippen LogP contribution is 2.35. The molecule has 0 amide bonds. The topological polar surface area (TPSA) is 59.1 Å². The zero-order chi connectivity index (χ0) is 17.0. The van der Waals surface area contributed by atoms with Gasteiger partial charge in [0, 0.05) is 19.3 Å². The highest BCUT2D eigenvalue weighted by molar-refractivity contribution is 5.60. The maximum atomic E-state index is 13.0. The van der Waals surface area contributed by atoms with E-state index in [9.17, 15) is 13.2 Å². The van der Waals surface area contributed by atoms with Crippen LogP contribution in [0.4, 0.5) is 30.6 Å². The Hall–Kier alpha value is -2.35. The van der Waals surface area contributed by atoms with E-state index in [4.69, 9.17) is 4.74 Å². The van der Waals surface area contributed by atoms with Gasteiger partial charge in [-0.05, 0) is 31.0 Å². The molecular weight excluding hydrogens is 321 g/mol. The van der Waals surface area contributed by atoms with Crippen LogP contribution in [-0.4, -0.2) is 29.2 Å². The average molecular weight is 338 g/mol. The van der Waals surface area contributed by atoms with Crippen molar-refractivity contribution >= 4 is 17.5 Å². The van der Waals surface area contributed by atoms with E-state index < -0.39 is 11.7 Å². The van der Waals surface area contributed by atoms with Crippen molar-refractivity contribution in [3.05, 3.63) is 42.1 Å². The predicted octanol–water partition coefficient (Wildman–Crippen LogP) is 3.83. The number of ether oxygens (including phenoxy) is 1. The van der Waals surface area contributed by atoms with E-state index in [1.165, 1.54) is 24.4 Å². The van der Waals surface area contributed by atoms with Crippen molar-refractivity contribution in [1.29, 1.82) is 0 Å². The molecule has 1 saturated heterocycles. The third-order valence-corrected chi connectivity index (χ3v) is 3.67. The first-order chi connectivity index (χ1) is 11.5. The Morgan fingerprint density at radius 3 is 2.79 bits per heavy atom. The maximum Gasteiger partial charge on any atom is 0.418 e. The molecule has 2 N–H and O–H groups in total. The van der Waals surface area contributed by atoms with Crippen molar-refractivity contribution in [3.8, 4) is 0 Å². The van der Waals surface area contributed by atoms with Gasteiger partial charge in [0.05, 0.1) is 17.4 Å². The summed E-state index contributed by atoms with van der Waals surface area (Å²) >= 11 is 0. The standard InChI is InChI=1S/C16H17F3N4O/c17-16(18,19)12-5-1-2-6-13(12)22-15-20-8-7-14(23-15)21-10-11-4-3-9-24-11/h1-2,5-8,11H,3-4,9-10H2,(H2,20,21,22,23). The van der Waals surface area contributed by atoms with Gasteiger partial charge in [-0.15, -0.1) is 0 Å². The Morgan fingerprint density at radius 1 is 1.21 bits per heavy atom. The Balaban J connectivity index is 1.71. The van der Waals surface area contributed by atoms with Crippen LogP contribution in [0.3, 0.4) is 0 Å². The van der Waals surface area contributed by atoms with Crippen LogP contribution >= 0.6 is 0 Å². The van der Waals surface area contributed by atoms with E-state index in [0.717, 1.165) is 25.5 Å². The van der Waals surface area contributed by atoms with E-state index in [0.29, 0.717) is 12.4 Å². The Bertz CT molecular complexity index is 687. The van der Waals surface area contributed by atoms with Crippen LogP contribution in [0.1, 0.15) is 18.4 Å². The number of halogens is 3. The third-order valence-electron chi connectivity index (χ3n) is 3.67. The summed E-state index contributed by atoms with van der Waals surface area (Å²) in [6.07, 6.45) is -0.788. The predicted molar refractivity (Wildman–Crippen MR) is 84.2 cm³/mol. The number of nitrogens with zero attached hydrogens (tertiary/aromatic N) is 2. The fourth-order valence-corrected chi connectivity index (χ4v) is 2.50. The molecule has 1 aromatic heterocycles. The molecule has 5 nitrogen and oxygen atoms in total. The number of benzene rings is 1. The lowest BCUT2D eigenvalue weighted by atomic mass is 10.1. The van der Waals surface area contributed by atoms with Gasteiger partial charge in [-0.1, -0.05) is 12.1 Å². The molecule has 8 heteroatoms. The first-order valence-electron chi connectivity index (χ1n) is 7.64. The summed E-state index contributed by atoms with van der Waals surface area (Å²) in [4.78, 5) is 8.17. The number of nitrogens with one attached hydrogen (secondary N) is 2. The van der Waals surface area contributed by atoms with E-state index in [-0.39, 0.29) is 17.7 Å². The summed E-state index contributed by atoms with van der Waals surface area (Å²) in [6.45, 7) is 1.37. The molecule has 1 atom stereocenters. The Morgan fingerprint density at radius 2 is 2.04 bits per heavy atom. The molecule has 24 heavy (non-hydrogen) atoms. The van der Waals surface area contributed by atoms with Crippen LogP contribution in [0.5, 0.6) is 0 Å². The van der Waals surface area contributed by atoms with Gasteiger partial charge in [-0.3, -0.25) is 0 Å². The SMILES string of the molecule is FC(F)(F)c1ccccc1Nc1nccc(NCC2CCCO2)n1. The molecule has 0 spiro atoms.